The van der Waals surface area contributed by atoms with E-state index in [1.165, 1.54) is 18.4 Å². The third kappa shape index (κ3) is 2.05. The van der Waals surface area contributed by atoms with Crippen molar-refractivity contribution in [2.45, 2.75) is 20.4 Å². The fraction of sp³-hybridized carbons (Fsp3) is 0.444. The molecule has 78 valence electrons. The zero-order valence-corrected chi connectivity index (χ0v) is 9.33. The summed E-state index contributed by atoms with van der Waals surface area (Å²) in [5.41, 5.74) is 7.72. The van der Waals surface area contributed by atoms with Gasteiger partial charge in [0, 0.05) is 17.0 Å². The number of carbonyl (C=O) groups is 1. The van der Waals surface area contributed by atoms with Crippen molar-refractivity contribution in [2.24, 2.45) is 5.73 Å². The highest BCUT2D eigenvalue weighted by Crippen LogP contribution is 2.31. The van der Waals surface area contributed by atoms with Crippen molar-refractivity contribution in [1.29, 1.82) is 0 Å². The van der Waals surface area contributed by atoms with Gasteiger partial charge in [0.25, 0.3) is 0 Å². The lowest BCUT2D eigenvalue weighted by Crippen LogP contribution is -2.12. The lowest BCUT2D eigenvalue weighted by atomic mass is 10.1. The first-order valence-corrected chi connectivity index (χ1v) is 5.05. The average molecular weight is 214 g/mol. The molecule has 0 saturated heterocycles. The van der Waals surface area contributed by atoms with Gasteiger partial charge in [-0.1, -0.05) is 0 Å². The molecular weight excluding hydrogens is 200 g/mol. The van der Waals surface area contributed by atoms with Crippen LogP contribution in [0.25, 0.3) is 0 Å². The maximum absolute atomic E-state index is 11.0. The minimum atomic E-state index is -0.457. The number of thiophene rings is 1. The molecule has 0 spiro atoms. The molecule has 0 unspecified atom stereocenters. The van der Waals surface area contributed by atoms with Crippen molar-refractivity contribution in [3.63, 3.8) is 0 Å². The van der Waals surface area contributed by atoms with Crippen LogP contribution in [0, 0.1) is 13.8 Å². The third-order valence-corrected chi connectivity index (χ3v) is 3.28. The third-order valence-electron chi connectivity index (χ3n) is 2.12. The summed E-state index contributed by atoms with van der Waals surface area (Å²) >= 11 is 1.52. The van der Waals surface area contributed by atoms with E-state index in [2.05, 4.69) is 10.1 Å². The Bertz CT molecular complexity index is 347. The van der Waals surface area contributed by atoms with E-state index >= 15 is 0 Å². The van der Waals surface area contributed by atoms with Crippen LogP contribution in [0.5, 0.6) is 0 Å². The van der Waals surface area contributed by atoms with Crippen molar-refractivity contribution < 1.29 is 9.53 Å². The lowest BCUT2D eigenvalue weighted by molar-refractivity contribution is 0.187. The Morgan fingerprint density at radius 1 is 1.57 bits per heavy atom. The predicted octanol–water partition coefficient (Wildman–Crippen LogP) is 2.00. The minimum absolute atomic E-state index is 0.426. The molecule has 0 aliphatic rings. The zero-order valence-electron chi connectivity index (χ0n) is 8.51. The second kappa shape index (κ2) is 4.43. The Kier molecular flexibility index (Phi) is 3.49. The van der Waals surface area contributed by atoms with Crippen LogP contribution in [0.1, 0.15) is 16.0 Å². The second-order valence-corrected chi connectivity index (χ2v) is 4.14. The molecule has 1 aromatic heterocycles. The second-order valence-electron chi connectivity index (χ2n) is 2.91. The average Bonchev–Trinajstić information content (AvgIpc) is 2.42. The Labute approximate surface area is 87.1 Å². The number of nitrogens with two attached hydrogens (primary N) is 1. The van der Waals surface area contributed by atoms with E-state index in [4.69, 9.17) is 5.73 Å². The summed E-state index contributed by atoms with van der Waals surface area (Å²) in [6, 6.07) is 0. The van der Waals surface area contributed by atoms with Crippen molar-refractivity contribution >= 4 is 22.4 Å². The SMILES string of the molecule is COC(=O)Nc1sc(C)c(C)c1CN. The van der Waals surface area contributed by atoms with Gasteiger partial charge in [-0.25, -0.2) is 4.79 Å². The molecule has 0 bridgehead atoms. The summed E-state index contributed by atoms with van der Waals surface area (Å²) < 4.78 is 4.52. The number of methoxy groups -OCH3 is 1. The number of hydrogen-bond acceptors (Lipinski definition) is 4. The maximum atomic E-state index is 11.0. The number of hydrogen-bond donors (Lipinski definition) is 2. The van der Waals surface area contributed by atoms with Crippen molar-refractivity contribution in [3.05, 3.63) is 16.0 Å². The summed E-state index contributed by atoms with van der Waals surface area (Å²) in [5.74, 6) is 0. The topological polar surface area (TPSA) is 64.3 Å². The first-order valence-electron chi connectivity index (χ1n) is 4.24. The number of carbonyl (C=O) groups excluding carboxylic acids is 1. The molecule has 1 rings (SSSR count). The van der Waals surface area contributed by atoms with E-state index in [0.717, 1.165) is 21.0 Å². The highest BCUT2D eigenvalue weighted by molar-refractivity contribution is 7.16. The van der Waals surface area contributed by atoms with E-state index in [1.807, 2.05) is 13.8 Å². The fourth-order valence-corrected chi connectivity index (χ4v) is 2.24. The molecule has 1 heterocycles. The van der Waals surface area contributed by atoms with Crippen LogP contribution < -0.4 is 11.1 Å². The Morgan fingerprint density at radius 3 is 2.71 bits per heavy atom. The normalized spacial score (nSPS) is 10.0. The zero-order chi connectivity index (χ0) is 10.7. The van der Waals surface area contributed by atoms with Crippen molar-refractivity contribution in [2.75, 3.05) is 12.4 Å². The van der Waals surface area contributed by atoms with Gasteiger partial charge in [-0.2, -0.15) is 0 Å². The van der Waals surface area contributed by atoms with E-state index in [9.17, 15) is 4.79 Å². The fourth-order valence-electron chi connectivity index (χ4n) is 1.16. The van der Waals surface area contributed by atoms with Crippen LogP contribution in [0.2, 0.25) is 0 Å². The first kappa shape index (κ1) is 11.0. The standard InChI is InChI=1S/C9H14N2O2S/c1-5-6(2)14-8(7(5)4-10)11-9(12)13-3/h4,10H2,1-3H3,(H,11,12). The Balaban J connectivity index is 2.96. The quantitative estimate of drug-likeness (QED) is 0.791. The molecule has 0 aliphatic heterocycles. The summed E-state index contributed by atoms with van der Waals surface area (Å²) in [4.78, 5) is 12.2. The Morgan fingerprint density at radius 2 is 2.21 bits per heavy atom. The Hall–Kier alpha value is -1.07. The number of anilines is 1. The van der Waals surface area contributed by atoms with Crippen molar-refractivity contribution in [3.8, 4) is 0 Å². The number of amides is 1. The van der Waals surface area contributed by atoms with Crippen LogP contribution in [0.3, 0.4) is 0 Å². The number of rotatable bonds is 2. The first-order chi connectivity index (χ1) is 6.60. The molecular formula is C9H14N2O2S. The summed E-state index contributed by atoms with van der Waals surface area (Å²) in [5, 5.41) is 3.44. The van der Waals surface area contributed by atoms with Crippen LogP contribution in [0.15, 0.2) is 0 Å². The number of ether oxygens (including phenoxy) is 1. The number of aryl methyl sites for hydroxylation is 1. The molecule has 0 aliphatic carbocycles. The summed E-state index contributed by atoms with van der Waals surface area (Å²) in [7, 11) is 1.34. The highest BCUT2D eigenvalue weighted by atomic mass is 32.1. The van der Waals surface area contributed by atoms with Crippen molar-refractivity contribution in [1.82, 2.24) is 0 Å². The van der Waals surface area contributed by atoms with Gasteiger partial charge in [0.15, 0.2) is 0 Å². The van der Waals surface area contributed by atoms with Crippen LogP contribution >= 0.6 is 11.3 Å². The van der Waals surface area contributed by atoms with Gasteiger partial charge in [-0.15, -0.1) is 11.3 Å². The van der Waals surface area contributed by atoms with Gasteiger partial charge in [0.05, 0.1) is 7.11 Å². The van der Waals surface area contributed by atoms with Crippen LogP contribution in [-0.2, 0) is 11.3 Å². The lowest BCUT2D eigenvalue weighted by Gasteiger charge is -2.03. The number of nitrogens with one attached hydrogen (secondary N) is 1. The molecule has 3 N–H and O–H groups in total. The molecule has 0 fully saturated rings. The molecule has 4 nitrogen and oxygen atoms in total. The predicted molar refractivity (Wildman–Crippen MR) is 57.7 cm³/mol. The molecule has 5 heteroatoms. The van der Waals surface area contributed by atoms with Crippen LogP contribution in [0.4, 0.5) is 9.80 Å². The summed E-state index contributed by atoms with van der Waals surface area (Å²) in [6.45, 7) is 4.42. The van der Waals surface area contributed by atoms with Gasteiger partial charge >= 0.3 is 6.09 Å². The van der Waals surface area contributed by atoms with Gasteiger partial charge in [0.2, 0.25) is 0 Å². The summed E-state index contributed by atoms with van der Waals surface area (Å²) in [6.07, 6.45) is -0.457. The van der Waals surface area contributed by atoms with E-state index in [1.54, 1.807) is 0 Å². The highest BCUT2D eigenvalue weighted by Gasteiger charge is 2.13. The molecule has 0 aromatic carbocycles. The van der Waals surface area contributed by atoms with Crippen LogP contribution in [-0.4, -0.2) is 13.2 Å². The molecule has 0 radical (unpaired) electrons. The monoisotopic (exact) mass is 214 g/mol. The smallest absolute Gasteiger partial charge is 0.411 e. The molecule has 1 aromatic rings. The largest absolute Gasteiger partial charge is 0.453 e. The van der Waals surface area contributed by atoms with Gasteiger partial charge in [-0.05, 0) is 19.4 Å². The molecule has 0 atom stereocenters. The molecule has 0 saturated carbocycles. The van der Waals surface area contributed by atoms with Gasteiger partial charge < -0.3 is 10.5 Å². The van der Waals surface area contributed by atoms with E-state index in [0.29, 0.717) is 6.54 Å². The van der Waals surface area contributed by atoms with Gasteiger partial charge in [-0.3, -0.25) is 5.32 Å². The van der Waals surface area contributed by atoms with E-state index in [-0.39, 0.29) is 0 Å². The molecule has 1 amide bonds. The van der Waals surface area contributed by atoms with E-state index < -0.39 is 6.09 Å². The van der Waals surface area contributed by atoms with Gasteiger partial charge in [0.1, 0.15) is 5.00 Å². The minimum Gasteiger partial charge on any atom is -0.453 e. The molecule has 14 heavy (non-hydrogen) atoms. The maximum Gasteiger partial charge on any atom is 0.411 e.